The van der Waals surface area contributed by atoms with E-state index in [2.05, 4.69) is 0 Å². The lowest BCUT2D eigenvalue weighted by molar-refractivity contribution is -0.142. The summed E-state index contributed by atoms with van der Waals surface area (Å²) in [6, 6.07) is 5.98. The first-order chi connectivity index (χ1) is 15.4. The monoisotopic (exact) mass is 437 g/mol. The first-order valence-corrected chi connectivity index (χ1v) is 11.5. The molecule has 2 saturated heterocycles. The van der Waals surface area contributed by atoms with Gasteiger partial charge in [-0.3, -0.25) is 4.98 Å². The van der Waals surface area contributed by atoms with Crippen molar-refractivity contribution in [1.29, 1.82) is 0 Å². The van der Waals surface area contributed by atoms with Crippen molar-refractivity contribution in [3.8, 4) is 0 Å². The SMILES string of the molecule is c1cc2nc(c1)COC1CCCOC1COCCOCCOCC1OCCCC1OC2. The summed E-state index contributed by atoms with van der Waals surface area (Å²) in [5, 5.41) is 0. The minimum Gasteiger partial charge on any atom is -0.377 e. The van der Waals surface area contributed by atoms with Gasteiger partial charge < -0.3 is 33.2 Å². The van der Waals surface area contributed by atoms with E-state index in [1.807, 2.05) is 18.2 Å². The Labute approximate surface area is 184 Å². The Hall–Kier alpha value is -1.13. The van der Waals surface area contributed by atoms with Crippen LogP contribution in [0.1, 0.15) is 37.1 Å². The first-order valence-electron chi connectivity index (χ1n) is 11.5. The molecule has 3 aliphatic rings. The van der Waals surface area contributed by atoms with Crippen LogP contribution >= 0.6 is 0 Å². The average molecular weight is 438 g/mol. The minimum atomic E-state index is -0.0579. The summed E-state index contributed by atoms with van der Waals surface area (Å²) in [4.78, 5) is 4.73. The first kappa shape index (κ1) is 23.0. The van der Waals surface area contributed by atoms with E-state index in [1.54, 1.807) is 0 Å². The normalized spacial score (nSPS) is 32.4. The Morgan fingerprint density at radius 1 is 0.581 bits per heavy atom. The van der Waals surface area contributed by atoms with Crippen LogP contribution in [0.5, 0.6) is 0 Å². The summed E-state index contributed by atoms with van der Waals surface area (Å²) >= 11 is 0. The van der Waals surface area contributed by atoms with Gasteiger partial charge in [0.2, 0.25) is 0 Å². The van der Waals surface area contributed by atoms with Crippen LogP contribution in [0.25, 0.3) is 0 Å². The molecule has 2 fully saturated rings. The number of fused-ring (bicyclic) bond motifs is 4. The molecule has 3 aliphatic heterocycles. The molecular formula is C23H35NO7. The highest BCUT2D eigenvalue weighted by molar-refractivity contribution is 5.10. The highest BCUT2D eigenvalue weighted by Crippen LogP contribution is 2.21. The summed E-state index contributed by atoms with van der Waals surface area (Å²) in [5.74, 6) is 0. The lowest BCUT2D eigenvalue weighted by atomic mass is 10.1. The molecule has 0 amide bonds. The Morgan fingerprint density at radius 2 is 1.10 bits per heavy atom. The molecule has 4 unspecified atom stereocenters. The molecule has 0 N–H and O–H groups in total. The summed E-state index contributed by atoms with van der Waals surface area (Å²) in [6.07, 6.45) is 3.83. The number of pyridine rings is 1. The fourth-order valence-electron chi connectivity index (χ4n) is 4.13. The molecule has 0 spiro atoms. The Kier molecular flexibility index (Phi) is 9.51. The van der Waals surface area contributed by atoms with Gasteiger partial charge in [-0.1, -0.05) is 6.07 Å². The third kappa shape index (κ3) is 7.46. The van der Waals surface area contributed by atoms with Gasteiger partial charge in [-0.2, -0.15) is 0 Å². The number of rotatable bonds is 0. The zero-order chi connectivity index (χ0) is 21.1. The fourth-order valence-corrected chi connectivity index (χ4v) is 4.13. The van der Waals surface area contributed by atoms with Crippen LogP contribution in [0, 0.1) is 0 Å². The van der Waals surface area contributed by atoms with E-state index in [4.69, 9.17) is 38.1 Å². The molecule has 0 saturated carbocycles. The van der Waals surface area contributed by atoms with E-state index in [1.165, 1.54) is 0 Å². The summed E-state index contributed by atoms with van der Waals surface area (Å²) < 4.78 is 41.3. The second-order valence-electron chi connectivity index (χ2n) is 8.18. The Balaban J connectivity index is 1.38. The smallest absolute Gasteiger partial charge is 0.107 e. The van der Waals surface area contributed by atoms with Gasteiger partial charge in [0.15, 0.2) is 0 Å². The maximum absolute atomic E-state index is 6.18. The minimum absolute atomic E-state index is 0.00974. The summed E-state index contributed by atoms with van der Waals surface area (Å²) in [6.45, 7) is 5.52. The largest absolute Gasteiger partial charge is 0.377 e. The molecule has 4 rings (SSSR count). The van der Waals surface area contributed by atoms with Crippen LogP contribution < -0.4 is 0 Å². The number of hydrogen-bond donors (Lipinski definition) is 0. The molecule has 4 heterocycles. The predicted octanol–water partition coefficient (Wildman–Crippen LogP) is 2.27. The van der Waals surface area contributed by atoms with Gasteiger partial charge in [-0.05, 0) is 37.8 Å². The van der Waals surface area contributed by atoms with Crippen molar-refractivity contribution >= 4 is 0 Å². The van der Waals surface area contributed by atoms with Gasteiger partial charge in [0.25, 0.3) is 0 Å². The molecule has 1 aromatic rings. The van der Waals surface area contributed by atoms with Crippen molar-refractivity contribution in [3.63, 3.8) is 0 Å². The lowest BCUT2D eigenvalue weighted by Gasteiger charge is -2.32. The van der Waals surface area contributed by atoms with Crippen molar-refractivity contribution in [2.45, 2.75) is 63.3 Å². The topological polar surface area (TPSA) is 77.5 Å². The maximum atomic E-state index is 6.18. The highest BCUT2D eigenvalue weighted by Gasteiger charge is 2.28. The lowest BCUT2D eigenvalue weighted by Crippen LogP contribution is -2.40. The van der Waals surface area contributed by atoms with Crippen LogP contribution in [-0.2, 0) is 46.4 Å². The zero-order valence-electron chi connectivity index (χ0n) is 18.2. The second-order valence-corrected chi connectivity index (χ2v) is 8.18. The Bertz CT molecular complexity index is 597. The number of ether oxygens (including phenoxy) is 7. The Morgan fingerprint density at radius 3 is 1.65 bits per heavy atom. The van der Waals surface area contributed by atoms with Crippen LogP contribution in [0.2, 0.25) is 0 Å². The van der Waals surface area contributed by atoms with E-state index in [9.17, 15) is 0 Å². The molecule has 174 valence electrons. The van der Waals surface area contributed by atoms with Gasteiger partial charge in [0.05, 0.1) is 76.5 Å². The second kappa shape index (κ2) is 12.8. The molecular weight excluding hydrogens is 402 g/mol. The maximum Gasteiger partial charge on any atom is 0.107 e. The van der Waals surface area contributed by atoms with Crippen molar-refractivity contribution in [1.82, 2.24) is 4.98 Å². The number of aromatic nitrogens is 1. The van der Waals surface area contributed by atoms with Crippen LogP contribution in [-0.4, -0.2) is 82.3 Å². The van der Waals surface area contributed by atoms with E-state index in [0.717, 1.165) is 50.3 Å². The molecule has 8 nitrogen and oxygen atoms in total. The van der Waals surface area contributed by atoms with E-state index in [0.29, 0.717) is 52.9 Å². The zero-order valence-corrected chi connectivity index (χ0v) is 18.2. The van der Waals surface area contributed by atoms with Gasteiger partial charge in [-0.15, -0.1) is 0 Å². The van der Waals surface area contributed by atoms with E-state index in [-0.39, 0.29) is 24.4 Å². The van der Waals surface area contributed by atoms with Crippen molar-refractivity contribution in [3.05, 3.63) is 29.6 Å². The van der Waals surface area contributed by atoms with Crippen LogP contribution in [0.15, 0.2) is 18.2 Å². The molecule has 0 aromatic carbocycles. The molecule has 2 bridgehead atoms. The summed E-state index contributed by atoms with van der Waals surface area (Å²) in [5.41, 5.74) is 1.79. The molecule has 0 aliphatic carbocycles. The standard InChI is InChI=1S/C23H35NO7/c1-4-18-14-30-20-6-2-8-28-22(20)16-26-12-10-25-11-13-27-17-23-21(7-3-9-29-23)31-15-19(5-1)24-18/h1,4-5,20-23H,2-3,6-17H2. The van der Waals surface area contributed by atoms with Crippen molar-refractivity contribution < 1.29 is 33.2 Å². The number of hydrogen-bond acceptors (Lipinski definition) is 8. The predicted molar refractivity (Wildman–Crippen MR) is 112 cm³/mol. The molecule has 1 aromatic heterocycles. The van der Waals surface area contributed by atoms with Crippen LogP contribution in [0.4, 0.5) is 0 Å². The van der Waals surface area contributed by atoms with Gasteiger partial charge >= 0.3 is 0 Å². The highest BCUT2D eigenvalue weighted by atomic mass is 16.6. The molecule has 31 heavy (non-hydrogen) atoms. The van der Waals surface area contributed by atoms with Crippen LogP contribution in [0.3, 0.4) is 0 Å². The van der Waals surface area contributed by atoms with Gasteiger partial charge in [0.1, 0.15) is 12.2 Å². The molecule has 4 atom stereocenters. The number of nitrogens with zero attached hydrogens (tertiary/aromatic N) is 1. The molecule has 8 heteroatoms. The summed E-state index contributed by atoms with van der Waals surface area (Å²) in [7, 11) is 0. The average Bonchev–Trinajstić information content (AvgIpc) is 2.81. The van der Waals surface area contributed by atoms with Gasteiger partial charge in [-0.25, -0.2) is 0 Å². The fraction of sp³-hybridized carbons (Fsp3) is 0.783. The van der Waals surface area contributed by atoms with E-state index < -0.39 is 0 Å². The van der Waals surface area contributed by atoms with Gasteiger partial charge in [0, 0.05) is 13.2 Å². The quantitative estimate of drug-likeness (QED) is 0.612. The van der Waals surface area contributed by atoms with Crippen molar-refractivity contribution in [2.24, 2.45) is 0 Å². The van der Waals surface area contributed by atoms with Crippen molar-refractivity contribution in [2.75, 3.05) is 52.9 Å². The third-order valence-electron chi connectivity index (χ3n) is 5.82. The third-order valence-corrected chi connectivity index (χ3v) is 5.82. The van der Waals surface area contributed by atoms with E-state index >= 15 is 0 Å². The molecule has 0 radical (unpaired) electrons.